The van der Waals surface area contributed by atoms with E-state index in [-0.39, 0.29) is 18.6 Å². The van der Waals surface area contributed by atoms with Crippen molar-refractivity contribution >= 4 is 42.4 Å². The normalized spacial score (nSPS) is 15.5. The Bertz CT molecular complexity index is 1690. The summed E-state index contributed by atoms with van der Waals surface area (Å²) in [5.41, 5.74) is 7.23. The summed E-state index contributed by atoms with van der Waals surface area (Å²) in [5.74, 6) is -0.0562. The number of benzene rings is 3. The molecule has 0 bridgehead atoms. The maximum atomic E-state index is 13.7. The van der Waals surface area contributed by atoms with Gasteiger partial charge < -0.3 is 20.1 Å². The Morgan fingerprint density at radius 3 is 2.46 bits per heavy atom. The second-order valence-corrected chi connectivity index (χ2v) is 15.2. The van der Waals surface area contributed by atoms with E-state index in [1.807, 2.05) is 53.1 Å². The summed E-state index contributed by atoms with van der Waals surface area (Å²) in [6.45, 7) is 10.3. The van der Waals surface area contributed by atoms with Gasteiger partial charge in [-0.3, -0.25) is 9.69 Å². The molecule has 48 heavy (non-hydrogen) atoms. The topological polar surface area (TPSA) is 93.9 Å². The van der Waals surface area contributed by atoms with Crippen molar-refractivity contribution in [2.45, 2.75) is 85.0 Å². The van der Waals surface area contributed by atoms with Crippen molar-refractivity contribution in [2.75, 3.05) is 24.7 Å². The van der Waals surface area contributed by atoms with Crippen molar-refractivity contribution in [3.05, 3.63) is 105 Å². The zero-order valence-corrected chi connectivity index (χ0v) is 31.8. The lowest BCUT2D eigenvalue weighted by atomic mass is 9.93. The highest BCUT2D eigenvalue weighted by Gasteiger charge is 2.33. The number of nitrogens with zero attached hydrogens (tertiary/aromatic N) is 4. The summed E-state index contributed by atoms with van der Waals surface area (Å²) in [6, 6.07) is 22.4. The van der Waals surface area contributed by atoms with Gasteiger partial charge in [0.05, 0.1) is 12.3 Å². The van der Waals surface area contributed by atoms with Crippen LogP contribution in [0.4, 0.5) is 5.69 Å². The lowest BCUT2D eigenvalue weighted by molar-refractivity contribution is -0.0529. The predicted octanol–water partition coefficient (Wildman–Crippen LogP) is 5.78. The second kappa shape index (κ2) is 16.9. The third-order valence-corrected chi connectivity index (χ3v) is 11.6. The van der Waals surface area contributed by atoms with Crippen LogP contribution >= 0.6 is 15.9 Å². The van der Waals surface area contributed by atoms with E-state index in [2.05, 4.69) is 72.0 Å². The molecule has 2 unspecified atom stereocenters. The van der Waals surface area contributed by atoms with Gasteiger partial charge in [0.15, 0.2) is 15.4 Å². The molecule has 0 fully saturated rings. The minimum Gasteiger partial charge on any atom is -0.412 e. The van der Waals surface area contributed by atoms with E-state index in [0.717, 1.165) is 53.5 Å². The molecule has 0 saturated heterocycles. The number of halogens is 1. The molecule has 1 amide bonds. The zero-order chi connectivity index (χ0) is 34.2. The molecule has 3 N–H and O–H groups in total. The maximum Gasteiger partial charge on any atom is 0.274 e. The number of fused-ring (bicyclic) bond motifs is 1. The van der Waals surface area contributed by atoms with Gasteiger partial charge in [0, 0.05) is 47.1 Å². The van der Waals surface area contributed by atoms with Crippen LogP contribution in [0, 0.1) is 6.92 Å². The molecule has 4 aromatic rings. The standard InChI is InChI=1S/C38H50BrN5O3Si/c1-5-8-18-42(19-9-6-2)38(47)34-20-26(4)44(40-34)35-16-15-31(41-48-36-17-14-30(39)21-27(36)7-3)23-33(35)37(46)43-24-29-13-11-10-12-28(29)22-32(43)25-45/h10-17,20-21,23,32,37,41,45-46H,5-9,18-19,22,24-25,48H2,1-4H3. The van der Waals surface area contributed by atoms with Crippen LogP contribution in [-0.4, -0.2) is 71.1 Å². The molecule has 10 heteroatoms. The first-order valence-electron chi connectivity index (χ1n) is 17.4. The Balaban J connectivity index is 1.52. The first kappa shape index (κ1) is 36.0. The predicted molar refractivity (Wildman–Crippen MR) is 201 cm³/mol. The molecule has 0 radical (unpaired) electrons. The van der Waals surface area contributed by atoms with Crippen LogP contribution in [0.15, 0.2) is 71.2 Å². The van der Waals surface area contributed by atoms with E-state index in [1.165, 1.54) is 16.3 Å². The third-order valence-electron chi connectivity index (χ3n) is 9.44. The van der Waals surface area contributed by atoms with E-state index >= 15 is 0 Å². The first-order chi connectivity index (χ1) is 23.3. The number of anilines is 1. The van der Waals surface area contributed by atoms with E-state index in [9.17, 15) is 15.0 Å². The van der Waals surface area contributed by atoms with Gasteiger partial charge in [-0.05, 0) is 90.9 Å². The quantitative estimate of drug-likeness (QED) is 0.134. The SMILES string of the molecule is CCCCN(CCCC)C(=O)c1cc(C)n(-c2ccc(N[SiH2]c3ccc(Br)cc3CC)cc2C(O)N2Cc3ccccc3CC2CO)n1. The number of aromatic nitrogens is 2. The fourth-order valence-corrected chi connectivity index (χ4v) is 8.44. The molecule has 256 valence electrons. The average molecular weight is 733 g/mol. The molecule has 3 aromatic carbocycles. The Hall–Kier alpha value is -3.28. The lowest BCUT2D eigenvalue weighted by Gasteiger charge is -2.39. The number of aryl methyl sites for hydroxylation is 2. The molecule has 1 aliphatic heterocycles. The highest BCUT2D eigenvalue weighted by Crippen LogP contribution is 2.34. The van der Waals surface area contributed by atoms with Crippen molar-refractivity contribution in [1.82, 2.24) is 19.6 Å². The number of nitrogens with one attached hydrogen (secondary N) is 1. The van der Waals surface area contributed by atoms with Gasteiger partial charge in [0.1, 0.15) is 6.23 Å². The number of carbonyl (C=O) groups is 1. The largest absolute Gasteiger partial charge is 0.412 e. The highest BCUT2D eigenvalue weighted by molar-refractivity contribution is 9.10. The molecule has 0 saturated carbocycles. The molecule has 1 aromatic heterocycles. The van der Waals surface area contributed by atoms with Gasteiger partial charge in [-0.15, -0.1) is 0 Å². The Morgan fingerprint density at radius 2 is 1.77 bits per heavy atom. The van der Waals surface area contributed by atoms with E-state index < -0.39 is 15.9 Å². The van der Waals surface area contributed by atoms with Gasteiger partial charge in [0.25, 0.3) is 5.91 Å². The molecule has 2 heterocycles. The maximum absolute atomic E-state index is 13.7. The average Bonchev–Trinajstić information content (AvgIpc) is 3.50. The van der Waals surface area contributed by atoms with E-state index in [4.69, 9.17) is 5.10 Å². The van der Waals surface area contributed by atoms with Crippen LogP contribution in [-0.2, 0) is 19.4 Å². The van der Waals surface area contributed by atoms with Crippen molar-refractivity contribution in [2.24, 2.45) is 0 Å². The molecular formula is C38H50BrN5O3Si. The minimum atomic E-state index is -1.01. The fraction of sp³-hybridized carbons (Fsp3) is 0.421. The smallest absolute Gasteiger partial charge is 0.274 e. The lowest BCUT2D eigenvalue weighted by Crippen LogP contribution is -2.45. The van der Waals surface area contributed by atoms with Crippen LogP contribution in [0.3, 0.4) is 0 Å². The van der Waals surface area contributed by atoms with Crippen molar-refractivity contribution in [3.8, 4) is 5.69 Å². The molecular weight excluding hydrogens is 682 g/mol. The minimum absolute atomic E-state index is 0.0562. The van der Waals surface area contributed by atoms with Gasteiger partial charge in [-0.2, -0.15) is 5.10 Å². The number of aliphatic hydroxyl groups is 2. The Labute approximate surface area is 296 Å². The monoisotopic (exact) mass is 731 g/mol. The van der Waals surface area contributed by atoms with Gasteiger partial charge in [-0.1, -0.05) is 79.9 Å². The summed E-state index contributed by atoms with van der Waals surface area (Å²) in [5, 5.41) is 28.9. The number of rotatable bonds is 15. The van der Waals surface area contributed by atoms with Crippen molar-refractivity contribution in [1.29, 1.82) is 0 Å². The van der Waals surface area contributed by atoms with Crippen LogP contribution in [0.1, 0.15) is 91.1 Å². The van der Waals surface area contributed by atoms with E-state index in [0.29, 0.717) is 43.0 Å². The second-order valence-electron chi connectivity index (χ2n) is 12.8. The van der Waals surface area contributed by atoms with Crippen molar-refractivity contribution < 1.29 is 15.0 Å². The third kappa shape index (κ3) is 8.29. The van der Waals surface area contributed by atoms with Gasteiger partial charge >= 0.3 is 0 Å². The van der Waals surface area contributed by atoms with Gasteiger partial charge in [-0.25, -0.2) is 4.68 Å². The number of aliphatic hydroxyl groups excluding tert-OH is 2. The van der Waals surface area contributed by atoms with Crippen LogP contribution in [0.5, 0.6) is 0 Å². The Kier molecular flexibility index (Phi) is 12.7. The first-order valence-corrected chi connectivity index (χ1v) is 19.6. The van der Waals surface area contributed by atoms with Gasteiger partial charge in [0.2, 0.25) is 0 Å². The van der Waals surface area contributed by atoms with Crippen molar-refractivity contribution in [3.63, 3.8) is 0 Å². The molecule has 5 rings (SSSR count). The number of amides is 1. The van der Waals surface area contributed by atoms with E-state index in [1.54, 1.807) is 4.68 Å². The van der Waals surface area contributed by atoms with Crippen LogP contribution in [0.2, 0.25) is 0 Å². The summed E-state index contributed by atoms with van der Waals surface area (Å²) in [4.78, 5) is 21.3. The number of hydrogen-bond acceptors (Lipinski definition) is 6. The summed E-state index contributed by atoms with van der Waals surface area (Å²) < 4.78 is 2.88. The molecule has 8 nitrogen and oxygen atoms in total. The van der Waals surface area contributed by atoms with Crippen LogP contribution in [0.25, 0.3) is 5.69 Å². The number of hydrogen-bond donors (Lipinski definition) is 3. The summed E-state index contributed by atoms with van der Waals surface area (Å²) in [7, 11) is -0.875. The van der Waals surface area contributed by atoms with Crippen LogP contribution < -0.4 is 10.2 Å². The zero-order valence-electron chi connectivity index (χ0n) is 28.8. The molecule has 0 aliphatic carbocycles. The number of unbranched alkanes of at least 4 members (excludes halogenated alkanes) is 2. The fourth-order valence-electron chi connectivity index (χ4n) is 6.60. The molecule has 0 spiro atoms. The summed E-state index contributed by atoms with van der Waals surface area (Å²) in [6.07, 6.45) is 4.54. The number of carbonyl (C=O) groups excluding carboxylic acids is 1. The molecule has 1 aliphatic rings. The summed E-state index contributed by atoms with van der Waals surface area (Å²) >= 11 is 3.61. The Morgan fingerprint density at radius 1 is 1.04 bits per heavy atom. The highest BCUT2D eigenvalue weighted by atomic mass is 79.9. The molecule has 2 atom stereocenters.